The fourth-order valence-electron chi connectivity index (χ4n) is 1.13. The maximum absolute atomic E-state index is 11.0. The lowest BCUT2D eigenvalue weighted by Gasteiger charge is -2.01. The van der Waals surface area contributed by atoms with Crippen LogP contribution in [0.1, 0.15) is 18.1 Å². The van der Waals surface area contributed by atoms with E-state index >= 15 is 0 Å². The normalized spacial score (nSPS) is 8.94. The van der Waals surface area contributed by atoms with E-state index < -0.39 is 5.97 Å². The molecule has 1 rings (SSSR count). The van der Waals surface area contributed by atoms with Crippen molar-refractivity contribution in [3.05, 3.63) is 23.4 Å². The first-order valence-electron chi connectivity index (χ1n) is 4.86. The fraction of sp³-hybridized carbons (Fsp3) is 0.333. The minimum atomic E-state index is -0.532. The first kappa shape index (κ1) is 12.1. The van der Waals surface area contributed by atoms with Crippen molar-refractivity contribution in [2.45, 2.75) is 13.8 Å². The van der Waals surface area contributed by atoms with Crippen LogP contribution in [0.2, 0.25) is 0 Å². The van der Waals surface area contributed by atoms with Crippen molar-refractivity contribution in [2.75, 3.05) is 13.7 Å². The zero-order valence-corrected chi connectivity index (χ0v) is 9.53. The van der Waals surface area contributed by atoms with Crippen LogP contribution in [0.15, 0.2) is 12.3 Å². The number of hydrogen-bond donors (Lipinski definition) is 0. The molecular formula is C12H13NO3. The second kappa shape index (κ2) is 5.76. The largest absolute Gasteiger partial charge is 0.481 e. The van der Waals surface area contributed by atoms with E-state index in [0.29, 0.717) is 18.1 Å². The maximum Gasteiger partial charge on any atom is 0.384 e. The highest BCUT2D eigenvalue weighted by Crippen LogP contribution is 2.13. The van der Waals surface area contributed by atoms with Gasteiger partial charge in [0.25, 0.3) is 0 Å². The highest BCUT2D eigenvalue weighted by Gasteiger charge is 1.99. The van der Waals surface area contributed by atoms with Crippen LogP contribution >= 0.6 is 0 Å². The lowest BCUT2D eigenvalue weighted by atomic mass is 10.2. The summed E-state index contributed by atoms with van der Waals surface area (Å²) in [4.78, 5) is 15.0. The summed E-state index contributed by atoms with van der Waals surface area (Å²) in [7, 11) is 1.55. The topological polar surface area (TPSA) is 48.4 Å². The van der Waals surface area contributed by atoms with Gasteiger partial charge in [0.1, 0.15) is 0 Å². The van der Waals surface area contributed by atoms with Crippen molar-refractivity contribution in [3.8, 4) is 17.7 Å². The average Bonchev–Trinajstić information content (AvgIpc) is 2.27. The third-order valence-electron chi connectivity index (χ3n) is 1.81. The van der Waals surface area contributed by atoms with E-state index in [0.717, 1.165) is 5.56 Å². The van der Waals surface area contributed by atoms with Gasteiger partial charge in [-0.3, -0.25) is 0 Å². The summed E-state index contributed by atoms with van der Waals surface area (Å²) in [6.07, 6.45) is 1.55. The Hall–Kier alpha value is -2.02. The molecule has 0 spiro atoms. The number of nitrogens with zero attached hydrogens (tertiary/aromatic N) is 1. The fourth-order valence-corrected chi connectivity index (χ4v) is 1.13. The van der Waals surface area contributed by atoms with Crippen LogP contribution in [0.3, 0.4) is 0 Å². The number of ether oxygens (including phenoxy) is 2. The molecule has 0 bridgehead atoms. The van der Waals surface area contributed by atoms with Gasteiger partial charge in [0, 0.05) is 23.2 Å². The van der Waals surface area contributed by atoms with E-state index in [1.165, 1.54) is 0 Å². The molecule has 16 heavy (non-hydrogen) atoms. The molecule has 1 aromatic heterocycles. The van der Waals surface area contributed by atoms with Gasteiger partial charge in [-0.25, -0.2) is 9.78 Å². The van der Waals surface area contributed by atoms with Gasteiger partial charge in [-0.15, -0.1) is 0 Å². The molecule has 0 saturated carbocycles. The van der Waals surface area contributed by atoms with Crippen LogP contribution < -0.4 is 4.74 Å². The van der Waals surface area contributed by atoms with Crippen LogP contribution in [0.4, 0.5) is 0 Å². The molecule has 84 valence electrons. The smallest absolute Gasteiger partial charge is 0.384 e. The van der Waals surface area contributed by atoms with Crippen molar-refractivity contribution in [2.24, 2.45) is 0 Å². The predicted molar refractivity (Wildman–Crippen MR) is 59.0 cm³/mol. The molecule has 0 fully saturated rings. The molecule has 0 aliphatic carbocycles. The van der Waals surface area contributed by atoms with Crippen LogP contribution in [0.5, 0.6) is 5.88 Å². The van der Waals surface area contributed by atoms with E-state index in [-0.39, 0.29) is 0 Å². The quantitative estimate of drug-likeness (QED) is 0.556. The van der Waals surface area contributed by atoms with E-state index in [1.54, 1.807) is 26.3 Å². The number of esters is 1. The Balaban J connectivity index is 2.82. The van der Waals surface area contributed by atoms with Crippen molar-refractivity contribution in [1.29, 1.82) is 0 Å². The lowest BCUT2D eigenvalue weighted by Crippen LogP contribution is -1.99. The van der Waals surface area contributed by atoms with Crippen LogP contribution in [-0.4, -0.2) is 24.7 Å². The second-order valence-corrected chi connectivity index (χ2v) is 3.02. The summed E-state index contributed by atoms with van der Waals surface area (Å²) in [5.41, 5.74) is 1.53. The summed E-state index contributed by atoms with van der Waals surface area (Å²) in [6.45, 7) is 3.92. The average molecular weight is 219 g/mol. The molecular weight excluding hydrogens is 206 g/mol. The van der Waals surface area contributed by atoms with Gasteiger partial charge in [0.15, 0.2) is 0 Å². The molecule has 4 nitrogen and oxygen atoms in total. The summed E-state index contributed by atoms with van der Waals surface area (Å²) in [5.74, 6) is 5.08. The number of hydrogen-bond acceptors (Lipinski definition) is 4. The molecule has 0 aliphatic rings. The third kappa shape index (κ3) is 3.28. The molecule has 0 aromatic carbocycles. The summed E-state index contributed by atoms with van der Waals surface area (Å²) >= 11 is 0. The Morgan fingerprint density at radius 3 is 2.88 bits per heavy atom. The molecule has 0 unspecified atom stereocenters. The predicted octanol–water partition coefficient (Wildman–Crippen LogP) is 1.31. The SMILES string of the molecule is CCOC(=O)C#Cc1cnc(OC)c(C)c1. The Kier molecular flexibility index (Phi) is 4.34. The van der Waals surface area contributed by atoms with Crippen LogP contribution in [0, 0.1) is 18.8 Å². The molecule has 0 N–H and O–H groups in total. The van der Waals surface area contributed by atoms with Gasteiger partial charge < -0.3 is 9.47 Å². The molecule has 0 atom stereocenters. The number of rotatable bonds is 2. The highest BCUT2D eigenvalue weighted by molar-refractivity contribution is 5.89. The van der Waals surface area contributed by atoms with E-state index in [1.807, 2.05) is 6.92 Å². The highest BCUT2D eigenvalue weighted by atomic mass is 16.5. The zero-order valence-electron chi connectivity index (χ0n) is 9.53. The van der Waals surface area contributed by atoms with Crippen molar-refractivity contribution in [1.82, 2.24) is 4.98 Å². The third-order valence-corrected chi connectivity index (χ3v) is 1.81. The minimum Gasteiger partial charge on any atom is -0.481 e. The Labute approximate surface area is 94.6 Å². The molecule has 1 heterocycles. The molecule has 0 aliphatic heterocycles. The standard InChI is InChI=1S/C12H13NO3/c1-4-16-11(14)6-5-10-7-9(2)12(15-3)13-8-10/h7-8H,4H2,1-3H3. The van der Waals surface area contributed by atoms with E-state index in [4.69, 9.17) is 4.74 Å². The van der Waals surface area contributed by atoms with Gasteiger partial charge in [-0.1, -0.05) is 5.92 Å². The first-order valence-corrected chi connectivity index (χ1v) is 4.86. The van der Waals surface area contributed by atoms with Gasteiger partial charge in [0.2, 0.25) is 5.88 Å². The summed E-state index contributed by atoms with van der Waals surface area (Å²) in [5, 5.41) is 0. The molecule has 1 aromatic rings. The molecule has 0 amide bonds. The molecule has 0 saturated heterocycles. The zero-order chi connectivity index (χ0) is 12.0. The number of carbonyl (C=O) groups excluding carboxylic acids is 1. The number of aryl methyl sites for hydroxylation is 1. The van der Waals surface area contributed by atoms with E-state index in [9.17, 15) is 4.79 Å². The number of carbonyl (C=O) groups is 1. The lowest BCUT2D eigenvalue weighted by molar-refractivity contribution is -0.136. The summed E-state index contributed by atoms with van der Waals surface area (Å²) < 4.78 is 9.69. The van der Waals surface area contributed by atoms with Gasteiger partial charge >= 0.3 is 5.97 Å². The van der Waals surface area contributed by atoms with Crippen LogP contribution in [-0.2, 0) is 9.53 Å². The minimum absolute atomic E-state index is 0.327. The van der Waals surface area contributed by atoms with Gasteiger partial charge in [-0.05, 0) is 19.9 Å². The Bertz CT molecular complexity index is 443. The Morgan fingerprint density at radius 1 is 1.56 bits per heavy atom. The van der Waals surface area contributed by atoms with Crippen molar-refractivity contribution >= 4 is 5.97 Å². The molecule has 0 radical (unpaired) electrons. The van der Waals surface area contributed by atoms with Gasteiger partial charge in [0.05, 0.1) is 13.7 Å². The number of aromatic nitrogens is 1. The van der Waals surface area contributed by atoms with Crippen LogP contribution in [0.25, 0.3) is 0 Å². The number of methoxy groups -OCH3 is 1. The molecule has 4 heteroatoms. The number of pyridine rings is 1. The van der Waals surface area contributed by atoms with Crippen molar-refractivity contribution in [3.63, 3.8) is 0 Å². The van der Waals surface area contributed by atoms with Gasteiger partial charge in [-0.2, -0.15) is 0 Å². The monoisotopic (exact) mass is 219 g/mol. The first-order chi connectivity index (χ1) is 7.67. The second-order valence-electron chi connectivity index (χ2n) is 3.02. The summed E-state index contributed by atoms with van der Waals surface area (Å²) in [6, 6.07) is 1.80. The Morgan fingerprint density at radius 2 is 2.31 bits per heavy atom. The van der Waals surface area contributed by atoms with E-state index in [2.05, 4.69) is 21.6 Å². The maximum atomic E-state index is 11.0. The van der Waals surface area contributed by atoms with Crippen molar-refractivity contribution < 1.29 is 14.3 Å².